The van der Waals surface area contributed by atoms with Gasteiger partial charge in [0.25, 0.3) is 18.7 Å². The van der Waals surface area contributed by atoms with Crippen LogP contribution in [0.25, 0.3) is 5.52 Å². The summed E-state index contributed by atoms with van der Waals surface area (Å²) in [5.74, 6) is -2.63. The number of thiazole rings is 1. The van der Waals surface area contributed by atoms with Crippen molar-refractivity contribution in [1.29, 1.82) is 0 Å². The zero-order chi connectivity index (χ0) is 25.4. The lowest BCUT2D eigenvalue weighted by Gasteiger charge is -2.50. The Morgan fingerprint density at radius 1 is 1.42 bits per heavy atom. The lowest BCUT2D eigenvalue weighted by Crippen LogP contribution is -2.71. The highest BCUT2D eigenvalue weighted by Crippen LogP contribution is 2.40. The van der Waals surface area contributed by atoms with E-state index in [0.717, 1.165) is 21.8 Å². The summed E-state index contributed by atoms with van der Waals surface area (Å²) < 4.78 is 16.2. The van der Waals surface area contributed by atoms with Crippen LogP contribution in [-0.2, 0) is 25.8 Å². The summed E-state index contributed by atoms with van der Waals surface area (Å²) in [5, 5.41) is 18.9. The number of carbonyl (C=O) groups excluding carboxylic acids is 3. The van der Waals surface area contributed by atoms with E-state index in [1.54, 1.807) is 6.20 Å². The van der Waals surface area contributed by atoms with Gasteiger partial charge in [-0.05, 0) is 12.1 Å². The molecule has 36 heavy (non-hydrogen) atoms. The Morgan fingerprint density at radius 2 is 2.25 bits per heavy atom. The number of nitrogens with two attached hydrogens (primary N) is 1. The molecule has 0 aliphatic carbocycles. The maximum absolute atomic E-state index is 13.0. The van der Waals surface area contributed by atoms with Gasteiger partial charge in [0.2, 0.25) is 0 Å². The number of anilines is 1. The summed E-state index contributed by atoms with van der Waals surface area (Å²) >= 11 is 2.35. The van der Waals surface area contributed by atoms with Crippen molar-refractivity contribution in [2.45, 2.75) is 18.0 Å². The molecule has 0 spiro atoms. The molecule has 2 atom stereocenters. The molecule has 2 aliphatic rings. The zero-order valence-electron chi connectivity index (χ0n) is 18.4. The number of halogens is 1. The lowest BCUT2D eigenvalue weighted by molar-refractivity contribution is -0.688. The quantitative estimate of drug-likeness (QED) is 0.162. The summed E-state index contributed by atoms with van der Waals surface area (Å²) in [6.07, 6.45) is 7.40. The third-order valence-corrected chi connectivity index (χ3v) is 7.63. The second-order valence-corrected chi connectivity index (χ2v) is 9.78. The van der Waals surface area contributed by atoms with E-state index in [0.29, 0.717) is 11.3 Å². The maximum Gasteiger partial charge on any atom is 0.276 e. The van der Waals surface area contributed by atoms with Gasteiger partial charge in [-0.1, -0.05) is 5.16 Å². The number of thioether (sulfide) groups is 1. The normalized spacial score (nSPS) is 19.8. The van der Waals surface area contributed by atoms with Crippen LogP contribution in [0.2, 0.25) is 0 Å². The molecule has 3 aromatic rings. The van der Waals surface area contributed by atoms with Crippen LogP contribution in [0.15, 0.2) is 58.7 Å². The first-order chi connectivity index (χ1) is 17.4. The number of aliphatic carboxylic acids is 1. The van der Waals surface area contributed by atoms with Crippen molar-refractivity contribution in [2.24, 2.45) is 5.16 Å². The van der Waals surface area contributed by atoms with Gasteiger partial charge in [0.15, 0.2) is 29.8 Å². The summed E-state index contributed by atoms with van der Waals surface area (Å²) in [4.78, 5) is 47.3. The number of hydrogen-bond acceptors (Lipinski definition) is 10. The number of fused-ring (bicyclic) bond motifs is 2. The number of nitrogen functional groups attached to an aromatic ring is 1. The molecule has 1 fully saturated rings. The summed E-state index contributed by atoms with van der Waals surface area (Å²) in [7, 11) is 0. The molecule has 0 unspecified atom stereocenters. The van der Waals surface area contributed by atoms with Crippen molar-refractivity contribution in [3.05, 3.63) is 59.3 Å². The number of aromatic nitrogens is 3. The van der Waals surface area contributed by atoms with Crippen molar-refractivity contribution >= 4 is 57.2 Å². The Kier molecular flexibility index (Phi) is 6.32. The molecule has 2 aliphatic heterocycles. The van der Waals surface area contributed by atoms with Gasteiger partial charge in [0.1, 0.15) is 22.6 Å². The molecule has 186 valence electrons. The van der Waals surface area contributed by atoms with Crippen LogP contribution in [0, 0.1) is 0 Å². The Labute approximate surface area is 210 Å². The van der Waals surface area contributed by atoms with E-state index in [4.69, 9.17) is 5.73 Å². The fourth-order valence-corrected chi connectivity index (χ4v) is 5.92. The Morgan fingerprint density at radius 3 is 2.97 bits per heavy atom. The zero-order valence-corrected chi connectivity index (χ0v) is 20.0. The Bertz CT molecular complexity index is 1430. The molecule has 12 nitrogen and oxygen atoms in total. The van der Waals surface area contributed by atoms with Gasteiger partial charge in [0, 0.05) is 22.9 Å². The van der Waals surface area contributed by atoms with Crippen LogP contribution in [0.3, 0.4) is 0 Å². The van der Waals surface area contributed by atoms with E-state index < -0.39 is 36.1 Å². The van der Waals surface area contributed by atoms with Crippen molar-refractivity contribution in [2.75, 3.05) is 18.3 Å². The van der Waals surface area contributed by atoms with E-state index in [1.807, 2.05) is 39.7 Å². The van der Waals surface area contributed by atoms with E-state index in [9.17, 15) is 23.9 Å². The van der Waals surface area contributed by atoms with Crippen molar-refractivity contribution in [3.8, 4) is 0 Å². The molecule has 1 saturated heterocycles. The molecule has 0 saturated carbocycles. The number of carboxylic acids is 1. The molecule has 5 rings (SSSR count). The fourth-order valence-electron chi connectivity index (χ4n) is 4.03. The minimum atomic E-state index is -1.48. The maximum atomic E-state index is 13.0. The van der Waals surface area contributed by atoms with Gasteiger partial charge in [-0.2, -0.15) is 4.57 Å². The first-order valence-corrected chi connectivity index (χ1v) is 12.4. The number of nitrogens with zero attached hydrogens (tertiary/aromatic N) is 5. The number of carbonyl (C=O) groups is 3. The highest BCUT2D eigenvalue weighted by Gasteiger charge is 2.53. The highest BCUT2D eigenvalue weighted by molar-refractivity contribution is 8.00. The first-order valence-electron chi connectivity index (χ1n) is 10.5. The predicted molar refractivity (Wildman–Crippen MR) is 125 cm³/mol. The van der Waals surface area contributed by atoms with Crippen LogP contribution >= 0.6 is 23.1 Å². The second-order valence-electron chi connectivity index (χ2n) is 7.79. The highest BCUT2D eigenvalue weighted by atomic mass is 32.2. The van der Waals surface area contributed by atoms with Crippen molar-refractivity contribution in [3.63, 3.8) is 0 Å². The van der Waals surface area contributed by atoms with E-state index >= 15 is 0 Å². The van der Waals surface area contributed by atoms with Crippen LogP contribution < -0.4 is 20.7 Å². The average molecular weight is 532 g/mol. The molecule has 3 N–H and O–H groups in total. The molecule has 5 heterocycles. The number of β-lactam (4-membered cyclic amide) rings is 1. The molecule has 15 heteroatoms. The summed E-state index contributed by atoms with van der Waals surface area (Å²) in [6.45, 7) is -1.03. The first kappa shape index (κ1) is 23.7. The molecule has 0 radical (unpaired) electrons. The molecule has 3 aromatic heterocycles. The molecular weight excluding hydrogens is 513 g/mol. The third kappa shape index (κ3) is 4.26. The second kappa shape index (κ2) is 9.58. The van der Waals surface area contributed by atoms with E-state index in [-0.39, 0.29) is 28.8 Å². The predicted octanol–water partition coefficient (Wildman–Crippen LogP) is -0.983. The summed E-state index contributed by atoms with van der Waals surface area (Å²) in [6, 6.07) is 2.77. The van der Waals surface area contributed by atoms with Gasteiger partial charge in [0.05, 0.1) is 17.9 Å². The molecule has 0 bridgehead atoms. The van der Waals surface area contributed by atoms with Crippen LogP contribution in [0.5, 0.6) is 0 Å². The smallest absolute Gasteiger partial charge is 0.276 e. The number of nitrogens with one attached hydrogen (secondary N) is 1. The number of carboxylic acid groups (broad SMARTS) is 1. The summed E-state index contributed by atoms with van der Waals surface area (Å²) in [5.41, 5.74) is 6.51. The molecule has 0 aromatic carbocycles. The van der Waals surface area contributed by atoms with Crippen molar-refractivity contribution < 1.29 is 33.3 Å². The third-order valence-electron chi connectivity index (χ3n) is 5.61. The average Bonchev–Trinajstić information content (AvgIpc) is 3.50. The van der Waals surface area contributed by atoms with Gasteiger partial charge in [-0.25, -0.2) is 9.37 Å². The number of hydrogen-bond donors (Lipinski definition) is 2. The molecule has 2 amide bonds. The Hall–Kier alpha value is -3.98. The van der Waals surface area contributed by atoms with Crippen LogP contribution in [0.1, 0.15) is 5.69 Å². The van der Waals surface area contributed by atoms with Crippen molar-refractivity contribution in [1.82, 2.24) is 19.6 Å². The van der Waals surface area contributed by atoms with Gasteiger partial charge in [-0.3, -0.25) is 14.5 Å². The number of oxime groups is 1. The minimum Gasteiger partial charge on any atom is -0.543 e. The van der Waals surface area contributed by atoms with Crippen LogP contribution in [-0.4, -0.2) is 61.8 Å². The van der Waals surface area contributed by atoms with E-state index in [2.05, 4.69) is 20.3 Å². The number of rotatable bonds is 8. The fraction of sp³-hybridized carbons (Fsp3) is 0.238. The monoisotopic (exact) mass is 531 g/mol. The lowest BCUT2D eigenvalue weighted by atomic mass is 10.0. The standard InChI is InChI=1S/C21H18FN7O5S2/c22-10-34-26-14(13-9-36-21(23)24-13)17(30)25-15-18(31)29-16(20(32)33)11(8-35-19(15)29)6-27-4-5-28-3-1-2-12(28)7-27/h1-5,7,9,15,19H,6,8,10H2,(H3-,23,24,25,30,32,33)/b26-14-/t15-,19-/m1/s1. The van der Waals surface area contributed by atoms with Gasteiger partial charge in [-0.15, -0.1) is 23.1 Å². The van der Waals surface area contributed by atoms with E-state index in [1.165, 1.54) is 17.1 Å². The van der Waals surface area contributed by atoms with Crippen LogP contribution in [0.4, 0.5) is 9.52 Å². The van der Waals surface area contributed by atoms with Gasteiger partial charge < -0.3 is 30.2 Å². The van der Waals surface area contributed by atoms with Gasteiger partial charge >= 0.3 is 0 Å². The number of amides is 2. The minimum absolute atomic E-state index is 0.0537. The number of alkyl halides is 1. The topological polar surface area (TPSA) is 158 Å². The molecular formula is C21H18FN7O5S2. The Balaban J connectivity index is 1.35. The largest absolute Gasteiger partial charge is 0.543 e. The SMILES string of the molecule is Nc1nc(/C(=N/OCF)C(=O)N[C@@H]2C(=O)N3C(C(=O)[O-])=C(C[n+]4ccn5cccc5c4)CS[C@H]23)cs1.